The molecule has 1 N–H and O–H groups in total. The molecule has 0 unspecified atom stereocenters. The third kappa shape index (κ3) is 1.25. The van der Waals surface area contributed by atoms with Crippen LogP contribution in [0.25, 0.3) is 0 Å². The largest absolute Gasteiger partial charge is 0.391 e. The zero-order chi connectivity index (χ0) is 6.04. The van der Waals surface area contributed by atoms with Crippen LogP contribution in [0.3, 0.4) is 0 Å². The minimum absolute atomic E-state index is 0.481. The van der Waals surface area contributed by atoms with Crippen molar-refractivity contribution >= 4 is 0 Å². The van der Waals surface area contributed by atoms with Gasteiger partial charge in [-0.25, -0.2) is 0 Å². The quantitative estimate of drug-likeness (QED) is 0.499. The van der Waals surface area contributed by atoms with E-state index in [-0.39, 0.29) is 0 Å². The lowest BCUT2D eigenvalue weighted by atomic mass is 9.88. The Kier molecular flexibility index (Phi) is 1.28. The van der Waals surface area contributed by atoms with Crippen molar-refractivity contribution < 1.29 is 0 Å². The molecule has 0 fully saturated rings. The zero-order valence-corrected chi connectivity index (χ0v) is 5.57. The third-order valence-corrected chi connectivity index (χ3v) is 1.49. The fraction of sp³-hybridized carbons (Fsp3) is 0.714. The lowest BCUT2D eigenvalue weighted by molar-refractivity contribution is 0.349. The van der Waals surface area contributed by atoms with Gasteiger partial charge >= 0.3 is 0 Å². The molecule has 0 aromatic heterocycles. The summed E-state index contributed by atoms with van der Waals surface area (Å²) in [5, 5.41) is 3.19. The molecular formula is C7H13N. The maximum Gasteiger partial charge on any atom is 0.0195 e. The summed E-state index contributed by atoms with van der Waals surface area (Å²) in [6.07, 6.45) is 5.43. The van der Waals surface area contributed by atoms with Crippen molar-refractivity contribution in [3.63, 3.8) is 0 Å². The van der Waals surface area contributed by atoms with Gasteiger partial charge in [-0.1, -0.05) is 19.9 Å². The fourth-order valence-corrected chi connectivity index (χ4v) is 0.869. The van der Waals surface area contributed by atoms with Crippen LogP contribution in [-0.4, -0.2) is 6.54 Å². The number of hydrogen-bond acceptors (Lipinski definition) is 1. The number of hydrogen-bond donors (Lipinski definition) is 1. The molecule has 0 aliphatic carbocycles. The number of allylic oxidation sites excluding steroid dienone is 1. The molecule has 0 aromatic carbocycles. The molecule has 46 valence electrons. The minimum atomic E-state index is 0.481. The first kappa shape index (κ1) is 5.67. The Labute approximate surface area is 50.8 Å². The van der Waals surface area contributed by atoms with E-state index >= 15 is 0 Å². The summed E-state index contributed by atoms with van der Waals surface area (Å²) in [7, 11) is 0. The maximum atomic E-state index is 3.19. The van der Waals surface area contributed by atoms with Gasteiger partial charge in [0.05, 0.1) is 0 Å². The third-order valence-electron chi connectivity index (χ3n) is 1.49. The van der Waals surface area contributed by atoms with Gasteiger partial charge in [0.2, 0.25) is 0 Å². The Hall–Kier alpha value is -0.460. The molecule has 1 rings (SSSR count). The predicted octanol–water partition coefficient (Wildman–Crippen LogP) is 1.52. The lowest BCUT2D eigenvalue weighted by Gasteiger charge is -2.25. The van der Waals surface area contributed by atoms with Crippen LogP contribution in [0.15, 0.2) is 12.3 Å². The van der Waals surface area contributed by atoms with Crippen molar-refractivity contribution in [1.29, 1.82) is 0 Å². The van der Waals surface area contributed by atoms with Gasteiger partial charge in [0.25, 0.3) is 0 Å². The molecule has 0 bridgehead atoms. The normalized spacial score (nSPS) is 24.8. The summed E-state index contributed by atoms with van der Waals surface area (Å²) in [5.41, 5.74) is 0.481. The highest BCUT2D eigenvalue weighted by molar-refractivity contribution is 4.93. The topological polar surface area (TPSA) is 12.0 Å². The first-order chi connectivity index (χ1) is 3.71. The van der Waals surface area contributed by atoms with Crippen LogP contribution in [0.1, 0.15) is 20.3 Å². The standard InChI is InChI=1S/C7H13N/c1-7(2)4-3-5-8-6-7/h3,5,8H,4,6H2,1-2H3. The average molecular weight is 111 g/mol. The fourth-order valence-electron chi connectivity index (χ4n) is 0.869. The molecule has 1 aliphatic heterocycles. The monoisotopic (exact) mass is 111 g/mol. The van der Waals surface area contributed by atoms with E-state index in [9.17, 15) is 0 Å². The Morgan fingerprint density at radius 1 is 1.50 bits per heavy atom. The second-order valence-electron chi connectivity index (χ2n) is 3.15. The van der Waals surface area contributed by atoms with Crippen molar-refractivity contribution in [2.75, 3.05) is 6.54 Å². The molecule has 1 heterocycles. The smallest absolute Gasteiger partial charge is 0.0195 e. The van der Waals surface area contributed by atoms with E-state index in [1.807, 2.05) is 6.20 Å². The molecule has 1 nitrogen and oxygen atoms in total. The average Bonchev–Trinajstić information content (AvgIpc) is 1.65. The maximum absolute atomic E-state index is 3.19. The molecule has 1 heteroatoms. The Bertz CT molecular complexity index is 103. The van der Waals surface area contributed by atoms with Crippen molar-refractivity contribution in [3.8, 4) is 0 Å². The molecule has 1 aliphatic rings. The Morgan fingerprint density at radius 3 is 2.50 bits per heavy atom. The summed E-state index contributed by atoms with van der Waals surface area (Å²) in [4.78, 5) is 0. The van der Waals surface area contributed by atoms with Crippen LogP contribution in [0, 0.1) is 5.41 Å². The first-order valence-electron chi connectivity index (χ1n) is 3.09. The van der Waals surface area contributed by atoms with E-state index in [2.05, 4.69) is 25.2 Å². The van der Waals surface area contributed by atoms with Gasteiger partial charge in [-0.2, -0.15) is 0 Å². The van der Waals surface area contributed by atoms with Crippen LogP contribution < -0.4 is 5.32 Å². The van der Waals surface area contributed by atoms with Crippen molar-refractivity contribution in [1.82, 2.24) is 5.32 Å². The van der Waals surface area contributed by atoms with Gasteiger partial charge in [-0.05, 0) is 18.0 Å². The molecule has 0 radical (unpaired) electrons. The van der Waals surface area contributed by atoms with Crippen molar-refractivity contribution in [2.45, 2.75) is 20.3 Å². The summed E-state index contributed by atoms with van der Waals surface area (Å²) in [5.74, 6) is 0. The van der Waals surface area contributed by atoms with Gasteiger partial charge < -0.3 is 5.32 Å². The van der Waals surface area contributed by atoms with Crippen LogP contribution in [-0.2, 0) is 0 Å². The van der Waals surface area contributed by atoms with Crippen LogP contribution in [0.2, 0.25) is 0 Å². The van der Waals surface area contributed by atoms with Gasteiger partial charge in [0.15, 0.2) is 0 Å². The van der Waals surface area contributed by atoms with E-state index in [4.69, 9.17) is 0 Å². The second kappa shape index (κ2) is 1.81. The van der Waals surface area contributed by atoms with Crippen molar-refractivity contribution in [2.24, 2.45) is 5.41 Å². The molecule has 0 saturated heterocycles. The number of nitrogens with one attached hydrogen (secondary N) is 1. The molecule has 0 spiro atoms. The first-order valence-corrected chi connectivity index (χ1v) is 3.09. The summed E-state index contributed by atoms with van der Waals surface area (Å²) >= 11 is 0. The van der Waals surface area contributed by atoms with Gasteiger partial charge in [-0.3, -0.25) is 0 Å². The summed E-state index contributed by atoms with van der Waals surface area (Å²) in [6, 6.07) is 0. The highest BCUT2D eigenvalue weighted by Gasteiger charge is 2.16. The Morgan fingerprint density at radius 2 is 2.25 bits per heavy atom. The van der Waals surface area contributed by atoms with E-state index < -0.39 is 0 Å². The highest BCUT2D eigenvalue weighted by atomic mass is 14.9. The van der Waals surface area contributed by atoms with E-state index in [1.54, 1.807) is 0 Å². The van der Waals surface area contributed by atoms with Crippen LogP contribution in [0.4, 0.5) is 0 Å². The molecule has 0 aromatic rings. The van der Waals surface area contributed by atoms with E-state index in [1.165, 1.54) is 6.42 Å². The molecule has 0 saturated carbocycles. The highest BCUT2D eigenvalue weighted by Crippen LogP contribution is 2.21. The number of rotatable bonds is 0. The van der Waals surface area contributed by atoms with Gasteiger partial charge in [0.1, 0.15) is 0 Å². The summed E-state index contributed by atoms with van der Waals surface area (Å²) < 4.78 is 0. The molecule has 8 heavy (non-hydrogen) atoms. The summed E-state index contributed by atoms with van der Waals surface area (Å²) in [6.45, 7) is 5.65. The molecule has 0 amide bonds. The molecular weight excluding hydrogens is 98.1 g/mol. The van der Waals surface area contributed by atoms with Crippen LogP contribution in [0.5, 0.6) is 0 Å². The minimum Gasteiger partial charge on any atom is -0.391 e. The van der Waals surface area contributed by atoms with Crippen molar-refractivity contribution in [3.05, 3.63) is 12.3 Å². The second-order valence-corrected chi connectivity index (χ2v) is 3.15. The lowest BCUT2D eigenvalue weighted by Crippen LogP contribution is -2.28. The molecule has 0 atom stereocenters. The van der Waals surface area contributed by atoms with Gasteiger partial charge in [-0.15, -0.1) is 0 Å². The predicted molar refractivity (Wildman–Crippen MR) is 35.5 cm³/mol. The Balaban J connectivity index is 2.50. The van der Waals surface area contributed by atoms with E-state index in [0.717, 1.165) is 6.54 Å². The van der Waals surface area contributed by atoms with Gasteiger partial charge in [0, 0.05) is 6.54 Å². The SMILES string of the molecule is CC1(C)CC=CNC1. The van der Waals surface area contributed by atoms with E-state index in [0.29, 0.717) is 5.41 Å². The zero-order valence-electron chi connectivity index (χ0n) is 5.57. The van der Waals surface area contributed by atoms with Crippen LogP contribution >= 0.6 is 0 Å².